The van der Waals surface area contributed by atoms with Crippen LogP contribution in [0.3, 0.4) is 0 Å². The number of halogens is 3. The predicted molar refractivity (Wildman–Crippen MR) is 107 cm³/mol. The van der Waals surface area contributed by atoms with Crippen LogP contribution in [0.15, 0.2) is 71.3 Å². The summed E-state index contributed by atoms with van der Waals surface area (Å²) in [5.41, 5.74) is 0.872. The van der Waals surface area contributed by atoms with Crippen molar-refractivity contribution in [2.45, 2.75) is 31.6 Å². The molecule has 0 spiro atoms. The van der Waals surface area contributed by atoms with Gasteiger partial charge in [-0.2, -0.15) is 13.2 Å². The Labute approximate surface area is 176 Å². The van der Waals surface area contributed by atoms with Crippen LogP contribution in [-0.2, 0) is 12.7 Å². The van der Waals surface area contributed by atoms with E-state index in [0.29, 0.717) is 16.8 Å². The maximum atomic E-state index is 13.0. The number of benzene rings is 2. The molecule has 5 nitrogen and oxygen atoms in total. The van der Waals surface area contributed by atoms with Crippen molar-refractivity contribution in [2.24, 2.45) is 0 Å². The molecule has 160 valence electrons. The van der Waals surface area contributed by atoms with Gasteiger partial charge in [-0.3, -0.25) is 9.59 Å². The maximum Gasteiger partial charge on any atom is 0.416 e. The number of hydrogen-bond donors (Lipinski definition) is 1. The monoisotopic (exact) mass is 428 g/mol. The zero-order chi connectivity index (χ0) is 22.0. The summed E-state index contributed by atoms with van der Waals surface area (Å²) in [7, 11) is 0. The molecule has 2 amide bonds. The van der Waals surface area contributed by atoms with Crippen molar-refractivity contribution in [2.75, 3.05) is 5.32 Å². The van der Waals surface area contributed by atoms with Gasteiger partial charge in [-0.1, -0.05) is 12.1 Å². The highest BCUT2D eigenvalue weighted by Gasteiger charge is 2.34. The quantitative estimate of drug-likeness (QED) is 0.575. The summed E-state index contributed by atoms with van der Waals surface area (Å²) in [6, 6.07) is 14.6. The van der Waals surface area contributed by atoms with Gasteiger partial charge < -0.3 is 14.6 Å². The van der Waals surface area contributed by atoms with Gasteiger partial charge in [0.25, 0.3) is 11.8 Å². The Hall–Kier alpha value is -3.55. The SMILES string of the molecule is O=C(Nc1ccc(C(=O)N(Cc2ccc(C(F)(F)F)cc2)C2CC2)cc1)c1ccco1. The van der Waals surface area contributed by atoms with E-state index in [4.69, 9.17) is 4.42 Å². The van der Waals surface area contributed by atoms with Crippen molar-refractivity contribution in [3.8, 4) is 0 Å². The molecule has 0 radical (unpaired) electrons. The van der Waals surface area contributed by atoms with Crippen LogP contribution in [0.25, 0.3) is 0 Å². The lowest BCUT2D eigenvalue weighted by Gasteiger charge is -2.23. The summed E-state index contributed by atoms with van der Waals surface area (Å²) in [6.45, 7) is 0.235. The molecule has 8 heteroatoms. The summed E-state index contributed by atoms with van der Waals surface area (Å²) >= 11 is 0. The van der Waals surface area contributed by atoms with Crippen molar-refractivity contribution in [3.05, 3.63) is 89.4 Å². The van der Waals surface area contributed by atoms with E-state index in [1.165, 1.54) is 18.4 Å². The maximum absolute atomic E-state index is 13.0. The van der Waals surface area contributed by atoms with Gasteiger partial charge in [-0.05, 0) is 66.9 Å². The van der Waals surface area contributed by atoms with E-state index in [2.05, 4.69) is 5.32 Å². The summed E-state index contributed by atoms with van der Waals surface area (Å²) in [6.07, 6.45) is -1.26. The number of amides is 2. The smallest absolute Gasteiger partial charge is 0.416 e. The van der Waals surface area contributed by atoms with Gasteiger partial charge >= 0.3 is 6.18 Å². The van der Waals surface area contributed by atoms with Crippen LogP contribution in [0.5, 0.6) is 0 Å². The average Bonchev–Trinajstić information content (AvgIpc) is 3.44. The molecule has 2 aromatic carbocycles. The summed E-state index contributed by atoms with van der Waals surface area (Å²) in [5, 5.41) is 2.68. The van der Waals surface area contributed by atoms with Crippen LogP contribution in [0.2, 0.25) is 0 Å². The molecule has 1 saturated carbocycles. The van der Waals surface area contributed by atoms with E-state index < -0.39 is 17.6 Å². The van der Waals surface area contributed by atoms with Gasteiger partial charge in [0.1, 0.15) is 0 Å². The first-order valence-electron chi connectivity index (χ1n) is 9.73. The Kier molecular flexibility index (Phi) is 5.54. The molecular weight excluding hydrogens is 409 g/mol. The van der Waals surface area contributed by atoms with E-state index >= 15 is 0 Å². The second kappa shape index (κ2) is 8.29. The number of furan rings is 1. The molecule has 0 atom stereocenters. The van der Waals surface area contributed by atoms with Gasteiger partial charge in [0.15, 0.2) is 5.76 Å². The third-order valence-corrected chi connectivity index (χ3v) is 5.02. The van der Waals surface area contributed by atoms with Gasteiger partial charge in [0.05, 0.1) is 11.8 Å². The van der Waals surface area contributed by atoms with Crippen molar-refractivity contribution in [1.29, 1.82) is 0 Å². The molecule has 1 aliphatic rings. The molecule has 0 saturated heterocycles. The van der Waals surface area contributed by atoms with E-state index in [0.717, 1.165) is 25.0 Å². The first-order chi connectivity index (χ1) is 14.8. The predicted octanol–water partition coefficient (Wildman–Crippen LogP) is 5.36. The van der Waals surface area contributed by atoms with Gasteiger partial charge in [-0.15, -0.1) is 0 Å². The van der Waals surface area contributed by atoms with E-state index in [-0.39, 0.29) is 24.3 Å². The molecule has 3 aromatic rings. The number of carbonyl (C=O) groups is 2. The highest BCUT2D eigenvalue weighted by molar-refractivity contribution is 6.02. The second-order valence-corrected chi connectivity index (χ2v) is 7.37. The third kappa shape index (κ3) is 4.96. The van der Waals surface area contributed by atoms with Crippen LogP contribution in [0.4, 0.5) is 18.9 Å². The fourth-order valence-electron chi connectivity index (χ4n) is 3.21. The largest absolute Gasteiger partial charge is 0.459 e. The van der Waals surface area contributed by atoms with Crippen molar-refractivity contribution in [3.63, 3.8) is 0 Å². The first-order valence-corrected chi connectivity index (χ1v) is 9.73. The summed E-state index contributed by atoms with van der Waals surface area (Å²) in [5.74, 6) is -0.422. The Morgan fingerprint density at radius 2 is 1.68 bits per heavy atom. The van der Waals surface area contributed by atoms with Gasteiger partial charge in [0.2, 0.25) is 0 Å². The Morgan fingerprint density at radius 3 is 2.23 bits per heavy atom. The summed E-state index contributed by atoms with van der Waals surface area (Å²) < 4.78 is 43.3. The number of hydrogen-bond acceptors (Lipinski definition) is 3. The molecule has 1 aliphatic carbocycles. The lowest BCUT2D eigenvalue weighted by Crippen LogP contribution is -2.32. The molecule has 1 fully saturated rings. The molecule has 1 heterocycles. The van der Waals surface area contributed by atoms with Gasteiger partial charge in [0, 0.05) is 23.8 Å². The first kappa shape index (κ1) is 20.7. The molecule has 0 unspecified atom stereocenters. The highest BCUT2D eigenvalue weighted by Crippen LogP contribution is 2.32. The number of anilines is 1. The third-order valence-electron chi connectivity index (χ3n) is 5.02. The van der Waals surface area contributed by atoms with E-state index in [9.17, 15) is 22.8 Å². The Balaban J connectivity index is 1.44. The van der Waals surface area contributed by atoms with Crippen LogP contribution in [0.1, 0.15) is 44.9 Å². The lowest BCUT2D eigenvalue weighted by molar-refractivity contribution is -0.137. The molecule has 4 rings (SSSR count). The van der Waals surface area contributed by atoms with Crippen molar-refractivity contribution in [1.82, 2.24) is 4.90 Å². The minimum atomic E-state index is -4.39. The molecule has 0 bridgehead atoms. The minimum absolute atomic E-state index is 0.0770. The minimum Gasteiger partial charge on any atom is -0.459 e. The molecule has 31 heavy (non-hydrogen) atoms. The number of rotatable bonds is 6. The standard InChI is InChI=1S/C23H19F3N2O3/c24-23(25,26)17-7-3-15(4-8-17)14-28(19-11-12-19)22(30)16-5-9-18(10-6-16)27-21(29)20-2-1-13-31-20/h1-10,13,19H,11-12,14H2,(H,27,29). The number of nitrogens with zero attached hydrogens (tertiary/aromatic N) is 1. The van der Waals surface area contributed by atoms with E-state index in [1.54, 1.807) is 41.3 Å². The zero-order valence-corrected chi connectivity index (χ0v) is 16.4. The van der Waals surface area contributed by atoms with Crippen molar-refractivity contribution >= 4 is 17.5 Å². The lowest BCUT2D eigenvalue weighted by atomic mass is 10.1. The number of alkyl halides is 3. The molecular formula is C23H19F3N2O3. The van der Waals surface area contributed by atoms with Crippen LogP contribution in [-0.4, -0.2) is 22.8 Å². The second-order valence-electron chi connectivity index (χ2n) is 7.37. The Morgan fingerprint density at radius 1 is 1.00 bits per heavy atom. The highest BCUT2D eigenvalue weighted by atomic mass is 19.4. The Bertz CT molecular complexity index is 1050. The van der Waals surface area contributed by atoms with Gasteiger partial charge in [-0.25, -0.2) is 0 Å². The van der Waals surface area contributed by atoms with Crippen LogP contribution < -0.4 is 5.32 Å². The summed E-state index contributed by atoms with van der Waals surface area (Å²) in [4.78, 5) is 26.7. The number of carbonyl (C=O) groups excluding carboxylic acids is 2. The molecule has 1 aromatic heterocycles. The number of nitrogens with one attached hydrogen (secondary N) is 1. The average molecular weight is 428 g/mol. The zero-order valence-electron chi connectivity index (χ0n) is 16.4. The van der Waals surface area contributed by atoms with Crippen LogP contribution >= 0.6 is 0 Å². The van der Waals surface area contributed by atoms with E-state index in [1.807, 2.05) is 0 Å². The topological polar surface area (TPSA) is 62.6 Å². The molecule has 1 N–H and O–H groups in total. The fraction of sp³-hybridized carbons (Fsp3) is 0.217. The molecule has 0 aliphatic heterocycles. The normalized spacial score (nSPS) is 13.6. The van der Waals surface area contributed by atoms with Crippen molar-refractivity contribution < 1.29 is 27.2 Å². The van der Waals surface area contributed by atoms with Crippen LogP contribution in [0, 0.1) is 0 Å². The fourth-order valence-corrected chi connectivity index (χ4v) is 3.21.